The van der Waals surface area contributed by atoms with E-state index >= 15 is 0 Å². The number of aromatic nitrogens is 4. The molecule has 0 spiro atoms. The Labute approximate surface area is 453 Å². The van der Waals surface area contributed by atoms with Crippen LogP contribution in [0.1, 0.15) is 94.4 Å². The Bertz CT molecular complexity index is 3040. The molecule has 1 amide bonds. The number of H-pyrrole nitrogens is 1. The first-order valence-corrected chi connectivity index (χ1v) is 32.1. The third-order valence-corrected chi connectivity index (χ3v) is 25.4. The van der Waals surface area contributed by atoms with Crippen molar-refractivity contribution in [1.82, 2.24) is 24.4 Å². The number of anilines is 1. The van der Waals surface area contributed by atoms with E-state index in [9.17, 15) is 19.2 Å². The lowest BCUT2D eigenvalue weighted by atomic mass is 10.1. The predicted molar refractivity (Wildman–Crippen MR) is 304 cm³/mol. The zero-order valence-corrected chi connectivity index (χ0v) is 48.5. The maximum absolute atomic E-state index is 14.0. The van der Waals surface area contributed by atoms with E-state index in [4.69, 9.17) is 31.9 Å². The summed E-state index contributed by atoms with van der Waals surface area (Å²) in [6.45, 7) is 19.5. The summed E-state index contributed by atoms with van der Waals surface area (Å²) in [4.78, 5) is 59.6. The Morgan fingerprint density at radius 1 is 0.766 bits per heavy atom. The van der Waals surface area contributed by atoms with Crippen LogP contribution >= 0.6 is 8.60 Å². The minimum absolute atomic E-state index is 0.0561. The fourth-order valence-corrected chi connectivity index (χ4v) is 16.8. The van der Waals surface area contributed by atoms with Gasteiger partial charge in [-0.3, -0.25) is 23.7 Å². The van der Waals surface area contributed by atoms with Gasteiger partial charge in [0.15, 0.2) is 8.32 Å². The second-order valence-electron chi connectivity index (χ2n) is 22.1. The lowest BCUT2D eigenvalue weighted by Crippen LogP contribution is -2.67. The molecule has 0 aliphatic carbocycles. The van der Waals surface area contributed by atoms with E-state index in [0.717, 1.165) is 15.9 Å². The van der Waals surface area contributed by atoms with Crippen molar-refractivity contribution in [1.29, 1.82) is 0 Å². The molecule has 3 N–H and O–H groups in total. The van der Waals surface area contributed by atoms with Crippen LogP contribution in [0.25, 0.3) is 0 Å². The number of nitrogens with one attached hydrogen (secondary N) is 3. The highest BCUT2D eigenvalue weighted by molar-refractivity contribution is 7.41. The van der Waals surface area contributed by atoms with Gasteiger partial charge in [0.2, 0.25) is 0 Å². The molecular formula is C57H73N6O11PSi2. The van der Waals surface area contributed by atoms with Gasteiger partial charge in [-0.15, -0.1) is 0 Å². The fourth-order valence-electron chi connectivity index (χ4n) is 9.58. The molecule has 8 atom stereocenters. The number of carbonyl (C=O) groups is 1. The number of aryl methyl sites for hydroxylation is 1. The normalized spacial score (nSPS) is 21.0. The molecule has 77 heavy (non-hydrogen) atoms. The molecule has 8 rings (SSSR count). The van der Waals surface area contributed by atoms with Gasteiger partial charge >= 0.3 is 20.0 Å². The highest BCUT2D eigenvalue weighted by Gasteiger charge is 2.52. The number of benzene rings is 4. The molecule has 2 aliphatic heterocycles. The first-order valence-electron chi connectivity index (χ1n) is 26.1. The van der Waals surface area contributed by atoms with Crippen molar-refractivity contribution in [2.45, 2.75) is 127 Å². The molecule has 410 valence electrons. The molecule has 0 radical (unpaired) electrons. The zero-order chi connectivity index (χ0) is 55.1. The van der Waals surface area contributed by atoms with Crippen LogP contribution in [0.15, 0.2) is 154 Å². The number of rotatable bonds is 21. The summed E-state index contributed by atoms with van der Waals surface area (Å²) in [7, 11) is -6.02. The van der Waals surface area contributed by atoms with Crippen LogP contribution in [0.4, 0.5) is 5.82 Å². The lowest BCUT2D eigenvalue weighted by Gasteiger charge is -2.43. The van der Waals surface area contributed by atoms with E-state index < -0.39 is 91.1 Å². The standard InChI is InChI=1S/C57H73N6O11PSi2/c1-39-36-63(55(67)61-52(39)64)51-34-45(74-76(9,10)56(2,3)4)47(70-51)37-68-75(73-46(35-58-8)40-23-15-11-16-24-40)72-44-33-50(62-32-31-49(60-54(62)66)59-53(65)41-25-17-12-18-26-41)71-48(44)38-69-77(57(5,6)7,42-27-19-13-20-28-42)43-29-21-14-22-30-43/h11-32,36,44-48,50-51,58H,33-35,37-38H2,1-10H3,(H,61,64,67)(H,59,60,65,66)/t44-,45-,46-,47+,48+,50+,51+,75+/m0/s1. The molecule has 4 aromatic carbocycles. The monoisotopic (exact) mass is 1100 g/mol. The zero-order valence-electron chi connectivity index (χ0n) is 45.6. The van der Waals surface area contributed by atoms with Crippen molar-refractivity contribution in [3.8, 4) is 0 Å². The highest BCUT2D eigenvalue weighted by Crippen LogP contribution is 2.50. The van der Waals surface area contributed by atoms with E-state index in [-0.39, 0.29) is 35.5 Å². The topological polar surface area (TPSA) is 195 Å². The van der Waals surface area contributed by atoms with Crippen molar-refractivity contribution >= 4 is 47.3 Å². The second kappa shape index (κ2) is 24.6. The number of hydrogen-bond acceptors (Lipinski definition) is 13. The van der Waals surface area contributed by atoms with Crippen LogP contribution in [0.3, 0.4) is 0 Å². The third-order valence-electron chi connectivity index (χ3n) is 14.7. The minimum atomic E-state index is -3.14. The van der Waals surface area contributed by atoms with E-state index in [2.05, 4.69) is 99.5 Å². The Hall–Kier alpha value is -5.55. The predicted octanol–water partition coefficient (Wildman–Crippen LogP) is 8.50. The summed E-state index contributed by atoms with van der Waals surface area (Å²) >= 11 is 0. The SMILES string of the molecule is CNC[C@H](O[P@](OC[C@H]1O[C@@H](n2cc(C)c(=O)[nH]c2=O)C[C@@H]1O[Si](C)(C)C(C)(C)C)O[C@H]1C[C@H](n2ccc(NC(=O)c3ccccc3)nc2=O)O[C@@H]1CO[Si](c1ccccc1)(c1ccccc1)C(C)(C)C)c1ccccc1. The Balaban J connectivity index is 1.15. The fraction of sp³-hybridized carbons (Fsp3) is 0.421. The van der Waals surface area contributed by atoms with Crippen molar-refractivity contribution in [2.24, 2.45) is 0 Å². The maximum atomic E-state index is 14.0. The molecule has 2 aromatic heterocycles. The van der Waals surface area contributed by atoms with Gasteiger partial charge in [-0.25, -0.2) is 9.59 Å². The van der Waals surface area contributed by atoms with Gasteiger partial charge in [0.05, 0.1) is 25.4 Å². The summed E-state index contributed by atoms with van der Waals surface area (Å²) < 4.78 is 51.9. The lowest BCUT2D eigenvalue weighted by molar-refractivity contribution is -0.0536. The number of nitrogens with zero attached hydrogens (tertiary/aromatic N) is 3. The number of likely N-dealkylation sites (N-methyl/N-ethyl adjacent to an activating group) is 1. The summed E-state index contributed by atoms with van der Waals surface area (Å²) in [5, 5.41) is 7.62. The summed E-state index contributed by atoms with van der Waals surface area (Å²) in [5.41, 5.74) is -0.0253. The number of carbonyl (C=O) groups excluding carboxylic acids is 1. The average molecular weight is 1110 g/mol. The quantitative estimate of drug-likeness (QED) is 0.0459. The summed E-state index contributed by atoms with van der Waals surface area (Å²) in [6.07, 6.45) is -1.41. The highest BCUT2D eigenvalue weighted by atomic mass is 31.2. The van der Waals surface area contributed by atoms with Gasteiger partial charge < -0.3 is 42.5 Å². The molecule has 4 heterocycles. The van der Waals surface area contributed by atoms with Gasteiger partial charge in [0, 0.05) is 42.9 Å². The van der Waals surface area contributed by atoms with E-state index in [1.54, 1.807) is 43.5 Å². The Kier molecular flexibility index (Phi) is 18.4. The molecule has 0 bridgehead atoms. The Morgan fingerprint density at radius 3 is 1.90 bits per heavy atom. The van der Waals surface area contributed by atoms with E-state index in [1.807, 2.05) is 79.8 Å². The van der Waals surface area contributed by atoms with Crippen molar-refractivity contribution < 1.29 is 36.7 Å². The van der Waals surface area contributed by atoms with Gasteiger partial charge in [-0.2, -0.15) is 4.98 Å². The van der Waals surface area contributed by atoms with Crippen LogP contribution in [0, 0.1) is 6.92 Å². The molecule has 6 aromatic rings. The first kappa shape index (κ1) is 57.6. The van der Waals surface area contributed by atoms with Crippen LogP contribution in [0.2, 0.25) is 23.2 Å². The molecular weight excluding hydrogens is 1030 g/mol. The van der Waals surface area contributed by atoms with Gasteiger partial charge in [-0.05, 0) is 71.3 Å². The number of aromatic amines is 1. The van der Waals surface area contributed by atoms with Crippen LogP contribution in [0.5, 0.6) is 0 Å². The molecule has 20 heteroatoms. The summed E-state index contributed by atoms with van der Waals surface area (Å²) in [6, 6.07) is 40.7. The molecule has 2 fully saturated rings. The number of amides is 1. The van der Waals surface area contributed by atoms with Crippen LogP contribution in [-0.2, 0) is 31.9 Å². The molecule has 0 saturated carbocycles. The third kappa shape index (κ3) is 13.5. The molecule has 2 saturated heterocycles. The van der Waals surface area contributed by atoms with Crippen LogP contribution in [-0.4, -0.2) is 92.9 Å². The maximum Gasteiger partial charge on any atom is 0.351 e. The summed E-state index contributed by atoms with van der Waals surface area (Å²) in [5.74, 6) is -0.314. The average Bonchev–Trinajstić information content (AvgIpc) is 4.05. The Morgan fingerprint density at radius 2 is 1.32 bits per heavy atom. The minimum Gasteiger partial charge on any atom is -0.411 e. The second-order valence-corrected chi connectivity index (χ2v) is 32.3. The van der Waals surface area contributed by atoms with E-state index in [0.29, 0.717) is 24.1 Å². The van der Waals surface area contributed by atoms with Gasteiger partial charge in [0.1, 0.15) is 36.6 Å². The van der Waals surface area contributed by atoms with Gasteiger partial charge in [0.25, 0.3) is 19.8 Å². The number of hydrogen-bond donors (Lipinski definition) is 3. The van der Waals surface area contributed by atoms with Crippen molar-refractivity contribution in [2.75, 3.05) is 32.1 Å². The molecule has 17 nitrogen and oxygen atoms in total. The molecule has 2 aliphatic rings. The van der Waals surface area contributed by atoms with Gasteiger partial charge in [-0.1, -0.05) is 151 Å². The smallest absolute Gasteiger partial charge is 0.351 e. The largest absolute Gasteiger partial charge is 0.411 e. The van der Waals surface area contributed by atoms with Crippen molar-refractivity contribution in [3.63, 3.8) is 0 Å². The molecule has 0 unspecified atom stereocenters. The first-order chi connectivity index (χ1) is 36.7. The van der Waals surface area contributed by atoms with Crippen LogP contribution < -0.4 is 37.9 Å². The number of ether oxygens (including phenoxy) is 2. The van der Waals surface area contributed by atoms with E-state index in [1.165, 1.54) is 15.3 Å². The van der Waals surface area contributed by atoms with Crippen molar-refractivity contribution in [3.05, 3.63) is 188 Å².